The molecule has 0 bridgehead atoms. The van der Waals surface area contributed by atoms with E-state index in [9.17, 15) is 4.79 Å². The lowest BCUT2D eigenvalue weighted by molar-refractivity contribution is -0.142. The Labute approximate surface area is 194 Å². The molecule has 1 aromatic carbocycles. The minimum Gasteiger partial charge on any atom is -0.461 e. The van der Waals surface area contributed by atoms with Crippen LogP contribution in [0.1, 0.15) is 19.4 Å². The van der Waals surface area contributed by atoms with Gasteiger partial charge in [0.05, 0.1) is 18.4 Å². The summed E-state index contributed by atoms with van der Waals surface area (Å²) >= 11 is 0. The summed E-state index contributed by atoms with van der Waals surface area (Å²) < 4.78 is 6.97. The molecule has 5 aromatic rings. The molecule has 0 aliphatic heterocycles. The van der Waals surface area contributed by atoms with E-state index >= 15 is 0 Å². The maximum atomic E-state index is 11.1. The summed E-state index contributed by atoms with van der Waals surface area (Å²) in [5.41, 5.74) is 10.8. The van der Waals surface area contributed by atoms with E-state index in [-0.39, 0.29) is 18.4 Å². The summed E-state index contributed by atoms with van der Waals surface area (Å²) in [6.07, 6.45) is 4.78. The number of fused-ring (bicyclic) bond motifs is 1. The quantitative estimate of drug-likeness (QED) is 0.383. The summed E-state index contributed by atoms with van der Waals surface area (Å²) in [5, 5.41) is 8.71. The van der Waals surface area contributed by atoms with Crippen LogP contribution >= 0.6 is 0 Å². The molecule has 34 heavy (non-hydrogen) atoms. The number of carbonyl (C=O) groups excluding carboxylic acids is 1. The Morgan fingerprint density at radius 2 is 1.82 bits per heavy atom. The third kappa shape index (κ3) is 3.94. The molecule has 0 saturated heterocycles. The second-order valence-electron chi connectivity index (χ2n) is 7.47. The number of imidazole rings is 1. The van der Waals surface area contributed by atoms with Crippen LogP contribution in [0, 0.1) is 0 Å². The van der Waals surface area contributed by atoms with Gasteiger partial charge in [-0.15, -0.1) is 0 Å². The van der Waals surface area contributed by atoms with Gasteiger partial charge in [-0.2, -0.15) is 15.0 Å². The fourth-order valence-corrected chi connectivity index (χ4v) is 3.52. The van der Waals surface area contributed by atoms with Crippen LogP contribution in [0.15, 0.2) is 55.0 Å². The minimum atomic E-state index is -0.332. The third-order valence-electron chi connectivity index (χ3n) is 5.16. The number of nitrogen functional groups attached to an aromatic ring is 1. The van der Waals surface area contributed by atoms with Gasteiger partial charge in [0.1, 0.15) is 23.5 Å². The van der Waals surface area contributed by atoms with Crippen LogP contribution in [-0.4, -0.2) is 45.5 Å². The van der Waals surface area contributed by atoms with Crippen molar-refractivity contribution >= 4 is 23.0 Å². The van der Waals surface area contributed by atoms with Gasteiger partial charge in [0.15, 0.2) is 17.3 Å². The predicted molar refractivity (Wildman–Crippen MR) is 124 cm³/mol. The number of rotatable bonds is 6. The van der Waals surface area contributed by atoms with Crippen molar-refractivity contribution in [3.8, 4) is 28.6 Å². The molecule has 11 heteroatoms. The summed E-state index contributed by atoms with van der Waals surface area (Å²) in [7, 11) is 0. The molecule has 4 aromatic heterocycles. The van der Waals surface area contributed by atoms with Gasteiger partial charge in [-0.25, -0.2) is 19.9 Å². The van der Waals surface area contributed by atoms with Gasteiger partial charge in [-0.3, -0.25) is 9.36 Å². The fraction of sp³-hybridized carbons (Fsp3) is 0.174. The lowest BCUT2D eigenvalue weighted by atomic mass is 10.2. The average Bonchev–Trinajstić information content (AvgIpc) is 3.48. The van der Waals surface area contributed by atoms with Crippen molar-refractivity contribution in [3.05, 3.63) is 60.6 Å². The normalized spacial score (nSPS) is 11.1. The van der Waals surface area contributed by atoms with E-state index in [0.717, 1.165) is 11.3 Å². The van der Waals surface area contributed by atoms with Gasteiger partial charge in [-0.05, 0) is 36.8 Å². The van der Waals surface area contributed by atoms with Gasteiger partial charge in [0.2, 0.25) is 0 Å². The maximum Gasteiger partial charge on any atom is 0.302 e. The Kier molecular flexibility index (Phi) is 5.42. The molecule has 0 spiro atoms. The molecule has 0 aliphatic rings. The highest BCUT2D eigenvalue weighted by atomic mass is 16.5. The van der Waals surface area contributed by atoms with Gasteiger partial charge in [0, 0.05) is 25.0 Å². The van der Waals surface area contributed by atoms with Gasteiger partial charge >= 0.3 is 5.97 Å². The number of hydrogen-bond acceptors (Lipinski definition) is 9. The smallest absolute Gasteiger partial charge is 0.302 e. The van der Waals surface area contributed by atoms with Crippen LogP contribution < -0.4 is 5.73 Å². The number of anilines is 1. The monoisotopic (exact) mass is 455 g/mol. The highest BCUT2D eigenvalue weighted by Crippen LogP contribution is 2.30. The number of aromatic nitrogens is 8. The number of pyridine rings is 1. The molecular weight excluding hydrogens is 434 g/mol. The van der Waals surface area contributed by atoms with Crippen molar-refractivity contribution in [3.63, 3.8) is 0 Å². The highest BCUT2D eigenvalue weighted by Gasteiger charge is 2.20. The maximum absolute atomic E-state index is 11.1. The van der Waals surface area contributed by atoms with Crippen molar-refractivity contribution < 1.29 is 9.53 Å². The standard InChI is InChI=1S/C23H21N9O2/c1-3-31-27-12-19(30-31)17-8-9-18-22(28-17)32(23(29-18)20-21(24)26-11-10-25-20)16-6-4-15(5-7-16)13-34-14(2)33/h4-12H,3,13H2,1-2H3,(H2,24,26). The van der Waals surface area contributed by atoms with Crippen molar-refractivity contribution in [2.45, 2.75) is 27.0 Å². The second kappa shape index (κ2) is 8.70. The Bertz CT molecular complexity index is 1490. The molecular formula is C23H21N9O2. The topological polar surface area (TPSA) is 140 Å². The van der Waals surface area contributed by atoms with Crippen molar-refractivity contribution in [1.29, 1.82) is 0 Å². The van der Waals surface area contributed by atoms with Crippen LogP contribution in [0.3, 0.4) is 0 Å². The summed E-state index contributed by atoms with van der Waals surface area (Å²) in [6, 6.07) is 11.3. The Morgan fingerprint density at radius 1 is 1.03 bits per heavy atom. The zero-order chi connectivity index (χ0) is 23.7. The van der Waals surface area contributed by atoms with Crippen molar-refractivity contribution in [1.82, 2.24) is 39.5 Å². The van der Waals surface area contributed by atoms with Gasteiger partial charge in [-0.1, -0.05) is 12.1 Å². The second-order valence-corrected chi connectivity index (χ2v) is 7.47. The van der Waals surface area contributed by atoms with Crippen molar-refractivity contribution in [2.75, 3.05) is 5.73 Å². The first-order valence-electron chi connectivity index (χ1n) is 10.6. The van der Waals surface area contributed by atoms with Crippen LogP contribution in [0.4, 0.5) is 5.82 Å². The number of ether oxygens (including phenoxy) is 1. The molecule has 0 radical (unpaired) electrons. The van der Waals surface area contributed by atoms with Crippen LogP contribution in [-0.2, 0) is 22.7 Å². The van der Waals surface area contributed by atoms with Crippen LogP contribution in [0.5, 0.6) is 0 Å². The molecule has 0 unspecified atom stereocenters. The third-order valence-corrected chi connectivity index (χ3v) is 5.16. The van der Waals surface area contributed by atoms with E-state index in [4.69, 9.17) is 20.4 Å². The SMILES string of the molecule is CCn1ncc(-c2ccc3nc(-c4nccnc4N)n(-c4ccc(COC(C)=O)cc4)c3n2)n1. The summed E-state index contributed by atoms with van der Waals surface area (Å²) in [6.45, 7) is 4.21. The molecule has 4 heterocycles. The first-order chi connectivity index (χ1) is 16.5. The molecule has 0 fully saturated rings. The number of aryl methyl sites for hydroxylation is 1. The molecule has 5 rings (SSSR count). The van der Waals surface area contributed by atoms with Gasteiger partial charge < -0.3 is 10.5 Å². The predicted octanol–water partition coefficient (Wildman–Crippen LogP) is 2.80. The zero-order valence-corrected chi connectivity index (χ0v) is 18.6. The highest BCUT2D eigenvalue weighted by molar-refractivity contribution is 5.83. The summed E-state index contributed by atoms with van der Waals surface area (Å²) in [4.78, 5) is 30.9. The Morgan fingerprint density at radius 3 is 2.53 bits per heavy atom. The Balaban J connectivity index is 1.67. The number of esters is 1. The zero-order valence-electron chi connectivity index (χ0n) is 18.6. The van der Waals surface area contributed by atoms with Gasteiger partial charge in [0.25, 0.3) is 0 Å². The fourth-order valence-electron chi connectivity index (χ4n) is 3.52. The van der Waals surface area contributed by atoms with E-state index in [1.807, 2.05) is 47.9 Å². The average molecular weight is 455 g/mol. The minimum absolute atomic E-state index is 0.194. The number of hydrogen-bond donors (Lipinski definition) is 1. The lowest BCUT2D eigenvalue weighted by Gasteiger charge is -2.11. The van der Waals surface area contributed by atoms with E-state index in [1.54, 1.807) is 17.2 Å². The molecule has 0 saturated carbocycles. The first kappa shape index (κ1) is 21.2. The number of benzene rings is 1. The van der Waals surface area contributed by atoms with E-state index < -0.39 is 0 Å². The molecule has 2 N–H and O–H groups in total. The van der Waals surface area contributed by atoms with Crippen LogP contribution in [0.25, 0.3) is 39.8 Å². The van der Waals surface area contributed by atoms with Crippen molar-refractivity contribution in [2.24, 2.45) is 0 Å². The van der Waals surface area contributed by atoms with Crippen LogP contribution in [0.2, 0.25) is 0 Å². The first-order valence-corrected chi connectivity index (χ1v) is 10.6. The van der Waals surface area contributed by atoms with E-state index in [1.165, 1.54) is 13.1 Å². The molecule has 0 amide bonds. The summed E-state index contributed by atoms with van der Waals surface area (Å²) in [5.74, 6) is 0.439. The Hall–Kier alpha value is -4.67. The lowest BCUT2D eigenvalue weighted by Crippen LogP contribution is -2.04. The van der Waals surface area contributed by atoms with E-state index in [0.29, 0.717) is 40.6 Å². The molecule has 0 atom stereocenters. The molecule has 170 valence electrons. The largest absolute Gasteiger partial charge is 0.461 e. The number of nitrogens with two attached hydrogens (primary N) is 1. The van der Waals surface area contributed by atoms with E-state index in [2.05, 4.69) is 20.2 Å². The number of nitrogens with zero attached hydrogens (tertiary/aromatic N) is 8. The molecule has 11 nitrogen and oxygen atoms in total. The number of carbonyl (C=O) groups is 1. The molecule has 0 aliphatic carbocycles.